The number of hydrogen-bond acceptors (Lipinski definition) is 2. The van der Waals surface area contributed by atoms with Gasteiger partial charge in [-0.1, -0.05) is 15.9 Å². The predicted molar refractivity (Wildman–Crippen MR) is 72.8 cm³/mol. The van der Waals surface area contributed by atoms with E-state index in [9.17, 15) is 8.78 Å². The Morgan fingerprint density at radius 3 is 2.67 bits per heavy atom. The van der Waals surface area contributed by atoms with Gasteiger partial charge in [-0.05, 0) is 44.5 Å². The number of nitrogens with zero attached hydrogens (tertiary/aromatic N) is 1. The molecule has 1 aliphatic heterocycles. The maximum absolute atomic E-state index is 13.6. The molecular weight excluding hydrogens is 302 g/mol. The zero-order valence-corrected chi connectivity index (χ0v) is 11.9. The van der Waals surface area contributed by atoms with Crippen LogP contribution in [0.2, 0.25) is 0 Å². The number of rotatable bonds is 3. The van der Waals surface area contributed by atoms with Gasteiger partial charge in [-0.15, -0.1) is 0 Å². The first-order valence-corrected chi connectivity index (χ1v) is 6.92. The maximum atomic E-state index is 13.6. The molecule has 0 bridgehead atoms. The highest BCUT2D eigenvalue weighted by Crippen LogP contribution is 2.24. The lowest BCUT2D eigenvalue weighted by molar-refractivity contribution is 0.217. The SMILES string of the molecule is CN1CCCC(CNc2c(F)cc(Br)cc2F)C1. The van der Waals surface area contributed by atoms with Crippen LogP contribution < -0.4 is 5.32 Å². The molecule has 100 valence electrons. The molecule has 2 rings (SSSR count). The van der Waals surface area contributed by atoms with Crippen molar-refractivity contribution in [3.8, 4) is 0 Å². The van der Waals surface area contributed by atoms with E-state index in [0.717, 1.165) is 25.9 Å². The maximum Gasteiger partial charge on any atom is 0.150 e. The molecule has 0 spiro atoms. The van der Waals surface area contributed by atoms with Crippen LogP contribution in [0, 0.1) is 17.6 Å². The zero-order valence-electron chi connectivity index (χ0n) is 10.3. The van der Waals surface area contributed by atoms with Crippen molar-refractivity contribution in [1.82, 2.24) is 4.90 Å². The van der Waals surface area contributed by atoms with Gasteiger partial charge < -0.3 is 10.2 Å². The van der Waals surface area contributed by atoms with Gasteiger partial charge in [0.05, 0.1) is 0 Å². The first-order valence-electron chi connectivity index (χ1n) is 6.13. The molecule has 0 saturated carbocycles. The summed E-state index contributed by atoms with van der Waals surface area (Å²) in [7, 11) is 2.08. The summed E-state index contributed by atoms with van der Waals surface area (Å²) in [5.41, 5.74) is -0.0218. The van der Waals surface area contributed by atoms with Gasteiger partial charge in [0.25, 0.3) is 0 Å². The van der Waals surface area contributed by atoms with E-state index in [1.54, 1.807) is 0 Å². The summed E-state index contributed by atoms with van der Waals surface area (Å²) in [6.45, 7) is 2.70. The Balaban J connectivity index is 1.97. The van der Waals surface area contributed by atoms with E-state index in [-0.39, 0.29) is 5.69 Å². The smallest absolute Gasteiger partial charge is 0.150 e. The van der Waals surface area contributed by atoms with E-state index in [1.807, 2.05) is 0 Å². The van der Waals surface area contributed by atoms with Gasteiger partial charge in [0, 0.05) is 17.6 Å². The fourth-order valence-electron chi connectivity index (χ4n) is 2.40. The number of benzene rings is 1. The minimum Gasteiger partial charge on any atom is -0.380 e. The number of piperidine rings is 1. The van der Waals surface area contributed by atoms with Gasteiger partial charge in [-0.2, -0.15) is 0 Å². The molecule has 1 aliphatic rings. The molecule has 1 unspecified atom stereocenters. The van der Waals surface area contributed by atoms with Gasteiger partial charge in [0.2, 0.25) is 0 Å². The van der Waals surface area contributed by atoms with E-state index in [0.29, 0.717) is 16.9 Å². The molecule has 0 amide bonds. The molecule has 0 aromatic heterocycles. The molecule has 2 nitrogen and oxygen atoms in total. The lowest BCUT2D eigenvalue weighted by Crippen LogP contribution is -2.35. The standard InChI is InChI=1S/C13H17BrF2N2/c1-18-4-2-3-9(8-18)7-17-13-11(15)5-10(14)6-12(13)16/h5-6,9,17H,2-4,7-8H2,1H3. The van der Waals surface area contributed by atoms with E-state index >= 15 is 0 Å². The topological polar surface area (TPSA) is 15.3 Å². The van der Waals surface area contributed by atoms with Crippen molar-refractivity contribution < 1.29 is 8.78 Å². The van der Waals surface area contributed by atoms with Crippen molar-refractivity contribution in [2.45, 2.75) is 12.8 Å². The lowest BCUT2D eigenvalue weighted by Gasteiger charge is -2.30. The van der Waals surface area contributed by atoms with Crippen molar-refractivity contribution in [1.29, 1.82) is 0 Å². The number of halogens is 3. The fraction of sp³-hybridized carbons (Fsp3) is 0.538. The third kappa shape index (κ3) is 3.42. The normalized spacial score (nSPS) is 21.0. The van der Waals surface area contributed by atoms with Crippen molar-refractivity contribution in [3.05, 3.63) is 28.2 Å². The quantitative estimate of drug-likeness (QED) is 0.918. The van der Waals surface area contributed by atoms with Gasteiger partial charge in [0.1, 0.15) is 17.3 Å². The molecule has 1 saturated heterocycles. The highest BCUT2D eigenvalue weighted by atomic mass is 79.9. The Morgan fingerprint density at radius 2 is 2.06 bits per heavy atom. The lowest BCUT2D eigenvalue weighted by atomic mass is 9.98. The first kappa shape index (κ1) is 13.7. The minimum atomic E-state index is -0.550. The van der Waals surface area contributed by atoms with Crippen LogP contribution in [0.1, 0.15) is 12.8 Å². The molecule has 18 heavy (non-hydrogen) atoms. The number of nitrogens with one attached hydrogen (secondary N) is 1. The summed E-state index contributed by atoms with van der Waals surface area (Å²) >= 11 is 3.07. The molecule has 1 atom stereocenters. The van der Waals surface area contributed by atoms with E-state index in [2.05, 4.69) is 33.2 Å². The summed E-state index contributed by atoms with van der Waals surface area (Å²) < 4.78 is 27.6. The number of likely N-dealkylation sites (tertiary alicyclic amines) is 1. The van der Waals surface area contributed by atoms with Crippen LogP contribution in [0.5, 0.6) is 0 Å². The van der Waals surface area contributed by atoms with Gasteiger partial charge in [-0.3, -0.25) is 0 Å². The Labute approximate surface area is 114 Å². The molecule has 5 heteroatoms. The Bertz CT molecular complexity index is 402. The third-order valence-corrected chi connectivity index (χ3v) is 3.75. The Hall–Kier alpha value is -0.680. The average Bonchev–Trinajstić information content (AvgIpc) is 2.27. The van der Waals surface area contributed by atoms with Crippen molar-refractivity contribution in [3.63, 3.8) is 0 Å². The van der Waals surface area contributed by atoms with Crippen LogP contribution in [0.3, 0.4) is 0 Å². The molecule has 1 aromatic carbocycles. The van der Waals surface area contributed by atoms with E-state index in [4.69, 9.17) is 0 Å². The highest BCUT2D eigenvalue weighted by Gasteiger charge is 2.18. The fourth-order valence-corrected chi connectivity index (χ4v) is 2.80. The molecule has 1 fully saturated rings. The van der Waals surface area contributed by atoms with Crippen LogP contribution in [0.4, 0.5) is 14.5 Å². The summed E-state index contributed by atoms with van der Waals surface area (Å²) in [5, 5.41) is 2.90. The Kier molecular flexibility index (Phi) is 4.56. The summed E-state index contributed by atoms with van der Waals surface area (Å²) in [6, 6.07) is 2.55. The largest absolute Gasteiger partial charge is 0.380 e. The molecule has 1 heterocycles. The van der Waals surface area contributed by atoms with Gasteiger partial charge in [0.15, 0.2) is 0 Å². The third-order valence-electron chi connectivity index (χ3n) is 3.30. The minimum absolute atomic E-state index is 0.0218. The number of hydrogen-bond donors (Lipinski definition) is 1. The first-order chi connectivity index (χ1) is 8.56. The average molecular weight is 319 g/mol. The number of anilines is 1. The van der Waals surface area contributed by atoms with Crippen LogP contribution in [0.15, 0.2) is 16.6 Å². The van der Waals surface area contributed by atoms with Crippen LogP contribution in [-0.4, -0.2) is 31.6 Å². The monoisotopic (exact) mass is 318 g/mol. The van der Waals surface area contributed by atoms with Crippen molar-refractivity contribution in [2.24, 2.45) is 5.92 Å². The predicted octanol–water partition coefficient (Wildman–Crippen LogP) is 3.48. The molecular formula is C13H17BrF2N2. The van der Waals surface area contributed by atoms with Gasteiger partial charge in [-0.25, -0.2) is 8.78 Å². The molecule has 0 aliphatic carbocycles. The second kappa shape index (κ2) is 5.97. The second-order valence-corrected chi connectivity index (χ2v) is 5.81. The van der Waals surface area contributed by atoms with Crippen molar-refractivity contribution >= 4 is 21.6 Å². The highest BCUT2D eigenvalue weighted by molar-refractivity contribution is 9.10. The molecule has 0 radical (unpaired) electrons. The Morgan fingerprint density at radius 1 is 1.39 bits per heavy atom. The molecule has 1 N–H and O–H groups in total. The van der Waals surface area contributed by atoms with Crippen molar-refractivity contribution in [2.75, 3.05) is 32.0 Å². The summed E-state index contributed by atoms with van der Waals surface area (Å²) in [4.78, 5) is 2.25. The van der Waals surface area contributed by atoms with E-state index in [1.165, 1.54) is 12.1 Å². The van der Waals surface area contributed by atoms with Crippen LogP contribution in [-0.2, 0) is 0 Å². The second-order valence-electron chi connectivity index (χ2n) is 4.90. The summed E-state index contributed by atoms with van der Waals surface area (Å²) in [5.74, 6) is -0.650. The summed E-state index contributed by atoms with van der Waals surface area (Å²) in [6.07, 6.45) is 2.26. The molecule has 1 aromatic rings. The van der Waals surface area contributed by atoms with Gasteiger partial charge >= 0.3 is 0 Å². The zero-order chi connectivity index (χ0) is 13.1. The van der Waals surface area contributed by atoms with Crippen LogP contribution >= 0.6 is 15.9 Å². The van der Waals surface area contributed by atoms with E-state index < -0.39 is 11.6 Å². The van der Waals surface area contributed by atoms with Crippen LogP contribution in [0.25, 0.3) is 0 Å².